The summed E-state index contributed by atoms with van der Waals surface area (Å²) in [6.07, 6.45) is 0. The van der Waals surface area contributed by atoms with E-state index in [1.165, 1.54) is 0 Å². The third kappa shape index (κ3) is 3.21. The van der Waals surface area contributed by atoms with Crippen molar-refractivity contribution < 1.29 is 4.74 Å². The van der Waals surface area contributed by atoms with Crippen LogP contribution in [0.15, 0.2) is 39.3 Å². The minimum Gasteiger partial charge on any atom is -0.437 e. The first-order valence-electron chi connectivity index (χ1n) is 4.82. The van der Waals surface area contributed by atoms with E-state index in [0.717, 1.165) is 14.6 Å². The molecule has 1 heterocycles. The zero-order valence-electron chi connectivity index (χ0n) is 8.88. The van der Waals surface area contributed by atoms with E-state index in [4.69, 9.17) is 16.3 Å². The van der Waals surface area contributed by atoms with Gasteiger partial charge in [0.25, 0.3) is 0 Å². The molecule has 17 heavy (non-hydrogen) atoms. The molecule has 0 amide bonds. The van der Waals surface area contributed by atoms with Gasteiger partial charge in [-0.3, -0.25) is 0 Å². The smallest absolute Gasteiger partial charge is 0.219 e. The van der Waals surface area contributed by atoms with Crippen LogP contribution >= 0.6 is 43.5 Å². The topological polar surface area (TPSA) is 22.1 Å². The van der Waals surface area contributed by atoms with E-state index in [1.54, 1.807) is 18.2 Å². The van der Waals surface area contributed by atoms with Crippen LogP contribution in [-0.4, -0.2) is 4.98 Å². The minimum atomic E-state index is 0.519. The van der Waals surface area contributed by atoms with Gasteiger partial charge < -0.3 is 4.74 Å². The Labute approximate surface area is 121 Å². The predicted octanol–water partition coefficient (Wildman–Crippen LogP) is 5.36. The highest BCUT2D eigenvalue weighted by Gasteiger charge is 2.06. The second-order valence-corrected chi connectivity index (χ2v) is 5.57. The van der Waals surface area contributed by atoms with E-state index in [2.05, 4.69) is 36.8 Å². The molecule has 0 N–H and O–H groups in total. The fourth-order valence-electron chi connectivity index (χ4n) is 1.25. The Balaban J connectivity index is 2.31. The van der Waals surface area contributed by atoms with Crippen LogP contribution in [0, 0.1) is 6.92 Å². The molecule has 1 aromatic carbocycles. The van der Waals surface area contributed by atoms with Crippen LogP contribution in [0.5, 0.6) is 11.6 Å². The summed E-state index contributed by atoms with van der Waals surface area (Å²) in [5.41, 5.74) is 0.869. The third-order valence-corrected chi connectivity index (χ3v) is 3.75. The molecule has 0 atom stereocenters. The molecule has 0 radical (unpaired) electrons. The normalized spacial score (nSPS) is 10.4. The largest absolute Gasteiger partial charge is 0.437 e. The van der Waals surface area contributed by atoms with E-state index in [1.807, 2.05) is 19.1 Å². The maximum atomic E-state index is 6.03. The summed E-state index contributed by atoms with van der Waals surface area (Å²) in [6.45, 7) is 1.90. The lowest BCUT2D eigenvalue weighted by atomic mass is 10.3. The first kappa shape index (κ1) is 12.9. The number of pyridine rings is 1. The Kier molecular flexibility index (Phi) is 4.07. The SMILES string of the molecule is Cc1nc(Oc2cc(Br)ccc2Cl)ccc1Br. The van der Waals surface area contributed by atoms with Gasteiger partial charge in [-0.15, -0.1) is 0 Å². The Morgan fingerprint density at radius 2 is 1.94 bits per heavy atom. The molecule has 0 bridgehead atoms. The van der Waals surface area contributed by atoms with Crippen LogP contribution in [0.25, 0.3) is 0 Å². The lowest BCUT2D eigenvalue weighted by Gasteiger charge is -2.08. The average Bonchev–Trinajstić information content (AvgIpc) is 2.29. The fourth-order valence-corrected chi connectivity index (χ4v) is 1.96. The van der Waals surface area contributed by atoms with Gasteiger partial charge >= 0.3 is 0 Å². The molecule has 88 valence electrons. The van der Waals surface area contributed by atoms with E-state index < -0.39 is 0 Å². The molecule has 0 saturated heterocycles. The number of halogens is 3. The highest BCUT2D eigenvalue weighted by atomic mass is 79.9. The van der Waals surface area contributed by atoms with Crippen molar-refractivity contribution in [2.24, 2.45) is 0 Å². The van der Waals surface area contributed by atoms with E-state index in [9.17, 15) is 0 Å². The minimum absolute atomic E-state index is 0.519. The second-order valence-electron chi connectivity index (χ2n) is 3.39. The van der Waals surface area contributed by atoms with Crippen LogP contribution < -0.4 is 4.74 Å². The zero-order valence-corrected chi connectivity index (χ0v) is 12.8. The molecule has 0 aliphatic rings. The Hall–Kier alpha value is -0.580. The number of nitrogens with zero attached hydrogens (tertiary/aromatic N) is 1. The number of rotatable bonds is 2. The van der Waals surface area contributed by atoms with Gasteiger partial charge in [0.1, 0.15) is 5.75 Å². The highest BCUT2D eigenvalue weighted by Crippen LogP contribution is 2.31. The van der Waals surface area contributed by atoms with Gasteiger partial charge in [-0.25, -0.2) is 4.98 Å². The van der Waals surface area contributed by atoms with Crippen molar-refractivity contribution in [1.82, 2.24) is 4.98 Å². The van der Waals surface area contributed by atoms with Crippen molar-refractivity contribution in [3.05, 3.63) is 50.0 Å². The lowest BCUT2D eigenvalue weighted by Crippen LogP contribution is -1.91. The first-order chi connectivity index (χ1) is 8.06. The summed E-state index contributed by atoms with van der Waals surface area (Å²) in [5, 5.41) is 0.551. The Morgan fingerprint density at radius 3 is 2.65 bits per heavy atom. The van der Waals surface area contributed by atoms with Gasteiger partial charge in [0.15, 0.2) is 0 Å². The van der Waals surface area contributed by atoms with E-state index >= 15 is 0 Å². The van der Waals surface area contributed by atoms with Crippen molar-refractivity contribution in [2.45, 2.75) is 6.92 Å². The molecule has 0 fully saturated rings. The van der Waals surface area contributed by atoms with Crippen LogP contribution in [0.2, 0.25) is 5.02 Å². The molecular formula is C12H8Br2ClNO. The summed E-state index contributed by atoms with van der Waals surface area (Å²) in [6, 6.07) is 9.11. The molecule has 5 heteroatoms. The number of benzene rings is 1. The summed E-state index contributed by atoms with van der Waals surface area (Å²) in [4.78, 5) is 4.30. The molecule has 0 spiro atoms. The molecule has 2 nitrogen and oxygen atoms in total. The van der Waals surface area contributed by atoms with Gasteiger partial charge in [-0.05, 0) is 47.1 Å². The summed E-state index contributed by atoms with van der Waals surface area (Å²) < 4.78 is 7.49. The number of hydrogen-bond acceptors (Lipinski definition) is 2. The van der Waals surface area contributed by atoms with Crippen molar-refractivity contribution in [3.8, 4) is 11.6 Å². The number of hydrogen-bond donors (Lipinski definition) is 0. The molecule has 0 aliphatic heterocycles. The van der Waals surface area contributed by atoms with Crippen LogP contribution in [0.4, 0.5) is 0 Å². The molecule has 2 rings (SSSR count). The average molecular weight is 377 g/mol. The number of ether oxygens (including phenoxy) is 1. The monoisotopic (exact) mass is 375 g/mol. The molecule has 2 aromatic rings. The Bertz CT molecular complexity index is 560. The maximum Gasteiger partial charge on any atom is 0.219 e. The predicted molar refractivity (Wildman–Crippen MR) is 75.9 cm³/mol. The van der Waals surface area contributed by atoms with Crippen molar-refractivity contribution in [1.29, 1.82) is 0 Å². The molecular weight excluding hydrogens is 369 g/mol. The summed E-state index contributed by atoms with van der Waals surface area (Å²) in [7, 11) is 0. The van der Waals surface area contributed by atoms with E-state index in [-0.39, 0.29) is 0 Å². The van der Waals surface area contributed by atoms with Crippen LogP contribution in [0.3, 0.4) is 0 Å². The fraction of sp³-hybridized carbons (Fsp3) is 0.0833. The van der Waals surface area contributed by atoms with Crippen molar-refractivity contribution in [2.75, 3.05) is 0 Å². The van der Waals surface area contributed by atoms with Crippen molar-refractivity contribution in [3.63, 3.8) is 0 Å². The number of aromatic nitrogens is 1. The Morgan fingerprint density at radius 1 is 1.18 bits per heavy atom. The van der Waals surface area contributed by atoms with Gasteiger partial charge in [0, 0.05) is 15.0 Å². The quantitative estimate of drug-likeness (QED) is 0.703. The lowest BCUT2D eigenvalue weighted by molar-refractivity contribution is 0.461. The molecule has 1 aromatic heterocycles. The van der Waals surface area contributed by atoms with Gasteiger partial charge in [0.2, 0.25) is 5.88 Å². The first-order valence-corrected chi connectivity index (χ1v) is 6.79. The third-order valence-electron chi connectivity index (χ3n) is 2.10. The number of aryl methyl sites for hydroxylation is 1. The molecule has 0 saturated carbocycles. The van der Waals surface area contributed by atoms with Crippen LogP contribution in [-0.2, 0) is 0 Å². The standard InChI is InChI=1S/C12H8Br2ClNO/c1-7-9(14)3-5-12(16-7)17-11-6-8(13)2-4-10(11)15/h2-6H,1H3. The van der Waals surface area contributed by atoms with Gasteiger partial charge in [0.05, 0.1) is 10.7 Å². The molecule has 0 aliphatic carbocycles. The zero-order chi connectivity index (χ0) is 12.4. The van der Waals surface area contributed by atoms with Crippen LogP contribution in [0.1, 0.15) is 5.69 Å². The van der Waals surface area contributed by atoms with E-state index in [0.29, 0.717) is 16.7 Å². The van der Waals surface area contributed by atoms with Crippen molar-refractivity contribution >= 4 is 43.5 Å². The molecule has 0 unspecified atom stereocenters. The van der Waals surface area contributed by atoms with Gasteiger partial charge in [-0.2, -0.15) is 0 Å². The summed E-state index contributed by atoms with van der Waals surface area (Å²) in [5.74, 6) is 1.10. The highest BCUT2D eigenvalue weighted by molar-refractivity contribution is 9.10. The van der Waals surface area contributed by atoms with Gasteiger partial charge in [-0.1, -0.05) is 27.5 Å². The second kappa shape index (κ2) is 5.38. The maximum absolute atomic E-state index is 6.03. The summed E-state index contributed by atoms with van der Waals surface area (Å²) >= 11 is 12.8.